The molecule has 84 valence electrons. The molecule has 0 heterocycles. The minimum Gasteiger partial charge on any atom is -0.393 e. The molecule has 0 radical (unpaired) electrons. The minimum atomic E-state index is -2.79. The predicted octanol–water partition coefficient (Wildman–Crippen LogP) is 1.36. The zero-order valence-corrected chi connectivity index (χ0v) is 9.59. The molecule has 0 aromatic carbocycles. The number of rotatable bonds is 5. The Labute approximate surface area is 86.4 Å². The van der Waals surface area contributed by atoms with Crippen molar-refractivity contribution in [2.75, 3.05) is 11.5 Å². The summed E-state index contributed by atoms with van der Waals surface area (Å²) in [6.45, 7) is 1.69. The van der Waals surface area contributed by atoms with Crippen LogP contribution in [0.3, 0.4) is 0 Å². The molecule has 2 unspecified atom stereocenters. The van der Waals surface area contributed by atoms with Crippen molar-refractivity contribution in [1.29, 1.82) is 0 Å². The second-order valence-corrected chi connectivity index (χ2v) is 6.68. The highest BCUT2D eigenvalue weighted by Crippen LogP contribution is 2.29. The van der Waals surface area contributed by atoms with Crippen LogP contribution in [0.4, 0.5) is 0 Å². The van der Waals surface area contributed by atoms with Gasteiger partial charge < -0.3 is 5.11 Å². The van der Waals surface area contributed by atoms with E-state index in [4.69, 9.17) is 0 Å². The first-order chi connectivity index (χ1) is 6.53. The summed E-state index contributed by atoms with van der Waals surface area (Å²) in [5.74, 6) is 1.12. The highest BCUT2D eigenvalue weighted by molar-refractivity contribution is 7.91. The van der Waals surface area contributed by atoms with Gasteiger partial charge in [0.05, 0.1) is 11.9 Å². The molecule has 0 aromatic heterocycles. The summed E-state index contributed by atoms with van der Waals surface area (Å²) >= 11 is 0. The van der Waals surface area contributed by atoms with Crippen molar-refractivity contribution in [2.45, 2.75) is 45.1 Å². The highest BCUT2D eigenvalue weighted by atomic mass is 32.2. The molecular weight excluding hydrogens is 200 g/mol. The van der Waals surface area contributed by atoms with Gasteiger partial charge in [0.25, 0.3) is 0 Å². The Kier molecular flexibility index (Phi) is 4.38. The topological polar surface area (TPSA) is 54.4 Å². The smallest absolute Gasteiger partial charge is 0.150 e. The fourth-order valence-corrected chi connectivity index (χ4v) is 2.94. The van der Waals surface area contributed by atoms with Crippen molar-refractivity contribution in [3.8, 4) is 0 Å². The molecule has 3 nitrogen and oxygen atoms in total. The third-order valence-corrected chi connectivity index (χ3v) is 4.81. The van der Waals surface area contributed by atoms with Gasteiger partial charge in [-0.25, -0.2) is 8.42 Å². The van der Waals surface area contributed by atoms with Crippen molar-refractivity contribution in [3.63, 3.8) is 0 Å². The average Bonchev–Trinajstić information content (AvgIpc) is 2.51. The van der Waals surface area contributed by atoms with Crippen LogP contribution < -0.4 is 0 Å². The molecule has 1 N–H and O–H groups in total. The quantitative estimate of drug-likeness (QED) is 0.761. The Morgan fingerprint density at radius 3 is 2.57 bits per heavy atom. The third-order valence-electron chi connectivity index (χ3n) is 3.02. The van der Waals surface area contributed by atoms with E-state index in [0.717, 1.165) is 32.1 Å². The van der Waals surface area contributed by atoms with E-state index in [2.05, 4.69) is 0 Å². The molecule has 4 heteroatoms. The molecule has 0 spiro atoms. The van der Waals surface area contributed by atoms with Gasteiger partial charge in [0, 0.05) is 5.75 Å². The number of aliphatic hydroxyl groups excluding tert-OH is 1. The second kappa shape index (κ2) is 5.12. The van der Waals surface area contributed by atoms with Crippen molar-refractivity contribution >= 4 is 9.84 Å². The summed E-state index contributed by atoms with van der Waals surface area (Å²) in [7, 11) is -2.79. The molecule has 0 aliphatic heterocycles. The third kappa shape index (κ3) is 3.96. The molecule has 0 aromatic rings. The van der Waals surface area contributed by atoms with Gasteiger partial charge in [-0.1, -0.05) is 6.92 Å². The summed E-state index contributed by atoms with van der Waals surface area (Å²) in [6, 6.07) is 0. The van der Waals surface area contributed by atoms with Crippen molar-refractivity contribution < 1.29 is 13.5 Å². The maximum atomic E-state index is 11.2. The molecular formula is C10H20O3S. The van der Waals surface area contributed by atoms with Crippen LogP contribution in [0.5, 0.6) is 0 Å². The second-order valence-electron chi connectivity index (χ2n) is 4.21. The summed E-state index contributed by atoms with van der Waals surface area (Å²) in [6.07, 6.45) is 4.40. The van der Waals surface area contributed by atoms with Crippen LogP contribution in [0.15, 0.2) is 0 Å². The van der Waals surface area contributed by atoms with E-state index in [9.17, 15) is 13.5 Å². The number of sulfone groups is 1. The molecule has 14 heavy (non-hydrogen) atoms. The Morgan fingerprint density at radius 1 is 1.36 bits per heavy atom. The zero-order chi connectivity index (χ0) is 10.6. The SMILES string of the molecule is CCS(=O)(=O)CCCC1CCC(O)C1. The van der Waals surface area contributed by atoms with Crippen LogP contribution in [0.25, 0.3) is 0 Å². The maximum Gasteiger partial charge on any atom is 0.150 e. The van der Waals surface area contributed by atoms with Gasteiger partial charge in [-0.2, -0.15) is 0 Å². The molecule has 1 saturated carbocycles. The molecule has 2 atom stereocenters. The first kappa shape index (κ1) is 12.0. The van der Waals surface area contributed by atoms with E-state index in [1.165, 1.54) is 0 Å². The average molecular weight is 220 g/mol. The normalized spacial score (nSPS) is 28.1. The van der Waals surface area contributed by atoms with E-state index in [-0.39, 0.29) is 11.9 Å². The zero-order valence-electron chi connectivity index (χ0n) is 8.78. The van der Waals surface area contributed by atoms with Crippen LogP contribution in [-0.2, 0) is 9.84 Å². The van der Waals surface area contributed by atoms with E-state index >= 15 is 0 Å². The van der Waals surface area contributed by atoms with Gasteiger partial charge in [-0.15, -0.1) is 0 Å². The lowest BCUT2D eigenvalue weighted by Crippen LogP contribution is -2.10. The molecule has 1 aliphatic carbocycles. The Balaban J connectivity index is 2.16. The van der Waals surface area contributed by atoms with E-state index in [1.807, 2.05) is 0 Å². The van der Waals surface area contributed by atoms with Gasteiger partial charge in [0.2, 0.25) is 0 Å². The lowest BCUT2D eigenvalue weighted by atomic mass is 10.0. The molecule has 0 amide bonds. The van der Waals surface area contributed by atoms with Crippen LogP contribution in [0.2, 0.25) is 0 Å². The molecule has 0 saturated heterocycles. The standard InChI is InChI=1S/C10H20O3S/c1-2-14(12,13)7-3-4-9-5-6-10(11)8-9/h9-11H,2-8H2,1H3. The van der Waals surface area contributed by atoms with Gasteiger partial charge in [-0.05, 0) is 38.0 Å². The monoisotopic (exact) mass is 220 g/mol. The maximum absolute atomic E-state index is 11.2. The van der Waals surface area contributed by atoms with E-state index in [1.54, 1.807) is 6.92 Å². The minimum absolute atomic E-state index is 0.136. The molecule has 1 fully saturated rings. The fraction of sp³-hybridized carbons (Fsp3) is 1.00. The van der Waals surface area contributed by atoms with Crippen LogP contribution >= 0.6 is 0 Å². The highest BCUT2D eigenvalue weighted by Gasteiger charge is 2.22. The lowest BCUT2D eigenvalue weighted by molar-refractivity contribution is 0.177. The molecule has 1 aliphatic rings. The first-order valence-electron chi connectivity index (χ1n) is 5.42. The Hall–Kier alpha value is -0.0900. The van der Waals surface area contributed by atoms with Crippen LogP contribution in [0, 0.1) is 5.92 Å². The lowest BCUT2D eigenvalue weighted by Gasteiger charge is -2.08. The number of aliphatic hydroxyl groups is 1. The summed E-state index contributed by atoms with van der Waals surface area (Å²) < 4.78 is 22.4. The summed E-state index contributed by atoms with van der Waals surface area (Å²) in [5.41, 5.74) is 0. The van der Waals surface area contributed by atoms with Gasteiger partial charge in [0.1, 0.15) is 9.84 Å². The predicted molar refractivity (Wildman–Crippen MR) is 56.9 cm³/mol. The van der Waals surface area contributed by atoms with Gasteiger partial charge >= 0.3 is 0 Å². The van der Waals surface area contributed by atoms with Gasteiger partial charge in [-0.3, -0.25) is 0 Å². The van der Waals surface area contributed by atoms with Gasteiger partial charge in [0.15, 0.2) is 0 Å². The number of hydrogen-bond donors (Lipinski definition) is 1. The fourth-order valence-electron chi connectivity index (χ4n) is 2.05. The van der Waals surface area contributed by atoms with E-state index in [0.29, 0.717) is 11.7 Å². The molecule has 0 bridgehead atoms. The molecule has 1 rings (SSSR count). The summed E-state index contributed by atoms with van der Waals surface area (Å²) in [5, 5.41) is 9.29. The Bertz CT molecular complexity index is 259. The van der Waals surface area contributed by atoms with Crippen LogP contribution in [-0.4, -0.2) is 31.1 Å². The summed E-state index contributed by atoms with van der Waals surface area (Å²) in [4.78, 5) is 0. The largest absolute Gasteiger partial charge is 0.393 e. The first-order valence-corrected chi connectivity index (χ1v) is 7.24. The van der Waals surface area contributed by atoms with Crippen molar-refractivity contribution in [3.05, 3.63) is 0 Å². The van der Waals surface area contributed by atoms with Crippen LogP contribution in [0.1, 0.15) is 39.0 Å². The van der Waals surface area contributed by atoms with Crippen molar-refractivity contribution in [2.24, 2.45) is 5.92 Å². The van der Waals surface area contributed by atoms with Crippen molar-refractivity contribution in [1.82, 2.24) is 0 Å². The Morgan fingerprint density at radius 2 is 2.07 bits per heavy atom. The van der Waals surface area contributed by atoms with E-state index < -0.39 is 9.84 Å². The number of hydrogen-bond acceptors (Lipinski definition) is 3.